The molecule has 0 saturated carbocycles. The third-order valence-electron chi connectivity index (χ3n) is 5.59. The maximum atomic E-state index is 12.7. The molecule has 1 aliphatic rings. The van der Waals surface area contributed by atoms with E-state index in [9.17, 15) is 14.7 Å². The second kappa shape index (κ2) is 9.44. The number of benzene rings is 3. The molecule has 0 unspecified atom stereocenters. The summed E-state index contributed by atoms with van der Waals surface area (Å²) in [6.07, 6.45) is -0.969. The predicted octanol–water partition coefficient (Wildman–Crippen LogP) is 5.51. The van der Waals surface area contributed by atoms with Crippen LogP contribution in [0.4, 0.5) is 4.79 Å². The zero-order valence-corrected chi connectivity index (χ0v) is 19.0. The van der Waals surface area contributed by atoms with Gasteiger partial charge in [0.1, 0.15) is 12.4 Å². The first-order chi connectivity index (χ1) is 15.5. The van der Waals surface area contributed by atoms with E-state index in [0.717, 1.165) is 22.3 Å². The zero-order chi connectivity index (χ0) is 22.7. The van der Waals surface area contributed by atoms with Gasteiger partial charge in [0.05, 0.1) is 19.6 Å². The fourth-order valence-electron chi connectivity index (χ4n) is 4.11. The lowest BCUT2D eigenvalue weighted by molar-refractivity contribution is -0.137. The lowest BCUT2D eigenvalue weighted by atomic mass is 9.98. The summed E-state index contributed by atoms with van der Waals surface area (Å²) in [5.41, 5.74) is 5.10. The summed E-state index contributed by atoms with van der Waals surface area (Å²) < 4.78 is 11.5. The molecule has 0 saturated heterocycles. The number of alkyl carbamates (subject to hydrolysis) is 1. The molecule has 0 spiro atoms. The minimum atomic E-state index is -1.04. The molecule has 3 aromatic carbocycles. The van der Waals surface area contributed by atoms with Gasteiger partial charge in [-0.2, -0.15) is 0 Å². The lowest BCUT2D eigenvalue weighted by Gasteiger charge is -2.20. The summed E-state index contributed by atoms with van der Waals surface area (Å²) in [6.45, 7) is 0.152. The number of carbonyl (C=O) groups is 2. The Morgan fingerprint density at radius 1 is 1.03 bits per heavy atom. The van der Waals surface area contributed by atoms with Gasteiger partial charge in [-0.1, -0.05) is 64.5 Å². The molecule has 0 bridgehead atoms. The van der Waals surface area contributed by atoms with Gasteiger partial charge >= 0.3 is 12.1 Å². The Labute approximate surface area is 194 Å². The number of nitrogens with one attached hydrogen (secondary N) is 1. The van der Waals surface area contributed by atoms with Crippen LogP contribution in [0.15, 0.2) is 71.2 Å². The van der Waals surface area contributed by atoms with Crippen molar-refractivity contribution in [1.29, 1.82) is 0 Å². The molecule has 32 heavy (non-hydrogen) atoms. The molecule has 1 atom stereocenters. The fraction of sp³-hybridized carbons (Fsp3) is 0.200. The van der Waals surface area contributed by atoms with Gasteiger partial charge in [-0.05, 0) is 46.0 Å². The Morgan fingerprint density at radius 3 is 2.25 bits per heavy atom. The average Bonchev–Trinajstić information content (AvgIpc) is 3.11. The molecule has 7 heteroatoms. The monoisotopic (exact) mass is 495 g/mol. The average molecular weight is 496 g/mol. The number of methoxy groups -OCH3 is 1. The summed E-state index contributed by atoms with van der Waals surface area (Å²) in [5, 5.41) is 12.1. The van der Waals surface area contributed by atoms with E-state index in [1.54, 1.807) is 18.2 Å². The Balaban J connectivity index is 1.51. The van der Waals surface area contributed by atoms with Crippen LogP contribution < -0.4 is 10.1 Å². The van der Waals surface area contributed by atoms with E-state index in [1.165, 1.54) is 7.11 Å². The summed E-state index contributed by atoms with van der Waals surface area (Å²) in [6, 6.07) is 20.6. The van der Waals surface area contributed by atoms with Gasteiger partial charge in [-0.3, -0.25) is 4.79 Å². The minimum absolute atomic E-state index is 0.0744. The standard InChI is InChI=1S/C25H22BrNO5/c1-31-15-10-11-22(26)20(12-15)23(13-24(28)29)27-25(30)32-14-21-18-8-4-2-6-16(18)17-7-3-5-9-19(17)21/h2-12,21,23H,13-14H2,1H3,(H,27,30)(H,28,29)/t23-/m1/s1. The Kier molecular flexibility index (Phi) is 6.46. The molecule has 2 N–H and O–H groups in total. The molecular weight excluding hydrogens is 474 g/mol. The van der Waals surface area contributed by atoms with Gasteiger partial charge in [-0.15, -0.1) is 0 Å². The van der Waals surface area contributed by atoms with Crippen LogP contribution in [0, 0.1) is 0 Å². The van der Waals surface area contributed by atoms with E-state index in [1.807, 2.05) is 36.4 Å². The molecule has 6 nitrogen and oxygen atoms in total. The predicted molar refractivity (Wildman–Crippen MR) is 124 cm³/mol. The maximum absolute atomic E-state index is 12.7. The zero-order valence-electron chi connectivity index (χ0n) is 17.4. The highest BCUT2D eigenvalue weighted by Crippen LogP contribution is 2.44. The van der Waals surface area contributed by atoms with Crippen LogP contribution in [0.2, 0.25) is 0 Å². The second-order valence-electron chi connectivity index (χ2n) is 7.51. The number of rotatable bonds is 7. The van der Waals surface area contributed by atoms with E-state index >= 15 is 0 Å². The maximum Gasteiger partial charge on any atom is 0.407 e. The highest BCUT2D eigenvalue weighted by atomic mass is 79.9. The van der Waals surface area contributed by atoms with E-state index in [0.29, 0.717) is 15.8 Å². The van der Waals surface area contributed by atoms with Crippen molar-refractivity contribution in [3.05, 3.63) is 87.9 Å². The summed E-state index contributed by atoms with van der Waals surface area (Å²) in [4.78, 5) is 24.1. The number of carboxylic acids is 1. The molecule has 0 fully saturated rings. The topological polar surface area (TPSA) is 84.9 Å². The van der Waals surface area contributed by atoms with Crippen molar-refractivity contribution in [2.75, 3.05) is 13.7 Å². The van der Waals surface area contributed by atoms with Crippen LogP contribution in [0.1, 0.15) is 35.1 Å². The van der Waals surface area contributed by atoms with Crippen molar-refractivity contribution < 1.29 is 24.2 Å². The van der Waals surface area contributed by atoms with Gasteiger partial charge in [0.25, 0.3) is 0 Å². The normalized spacial score (nSPS) is 13.1. The van der Waals surface area contributed by atoms with Gasteiger partial charge in [0, 0.05) is 10.4 Å². The third-order valence-corrected chi connectivity index (χ3v) is 6.32. The summed E-state index contributed by atoms with van der Waals surface area (Å²) in [5.74, 6) is -0.550. The van der Waals surface area contributed by atoms with E-state index in [-0.39, 0.29) is 18.9 Å². The molecule has 0 heterocycles. The van der Waals surface area contributed by atoms with Crippen molar-refractivity contribution >= 4 is 28.0 Å². The number of hydrogen-bond donors (Lipinski definition) is 2. The van der Waals surface area contributed by atoms with Crippen molar-refractivity contribution in [1.82, 2.24) is 5.32 Å². The van der Waals surface area contributed by atoms with Crippen molar-refractivity contribution in [2.24, 2.45) is 0 Å². The van der Waals surface area contributed by atoms with Crippen molar-refractivity contribution in [3.63, 3.8) is 0 Å². The number of halogens is 1. The number of carboxylic acid groups (broad SMARTS) is 1. The lowest BCUT2D eigenvalue weighted by Crippen LogP contribution is -2.32. The van der Waals surface area contributed by atoms with E-state index in [4.69, 9.17) is 9.47 Å². The van der Waals surface area contributed by atoms with Crippen LogP contribution in [-0.4, -0.2) is 30.9 Å². The first kappa shape index (κ1) is 21.9. The SMILES string of the molecule is COc1ccc(Br)c([C@@H](CC(=O)O)NC(=O)OCC2c3ccccc3-c3ccccc32)c1. The summed E-state index contributed by atoms with van der Waals surface area (Å²) in [7, 11) is 1.53. The fourth-order valence-corrected chi connectivity index (χ4v) is 4.63. The Morgan fingerprint density at radius 2 is 1.66 bits per heavy atom. The van der Waals surface area contributed by atoms with Crippen LogP contribution in [0.25, 0.3) is 11.1 Å². The highest BCUT2D eigenvalue weighted by molar-refractivity contribution is 9.10. The molecule has 164 valence electrons. The third kappa shape index (κ3) is 4.48. The van der Waals surface area contributed by atoms with Crippen LogP contribution in [0.5, 0.6) is 5.75 Å². The highest BCUT2D eigenvalue weighted by Gasteiger charge is 2.29. The van der Waals surface area contributed by atoms with Gasteiger partial charge < -0.3 is 19.9 Å². The molecule has 1 aliphatic carbocycles. The minimum Gasteiger partial charge on any atom is -0.497 e. The van der Waals surface area contributed by atoms with Crippen LogP contribution >= 0.6 is 15.9 Å². The second-order valence-corrected chi connectivity index (χ2v) is 8.36. The van der Waals surface area contributed by atoms with E-state index < -0.39 is 18.1 Å². The van der Waals surface area contributed by atoms with Crippen molar-refractivity contribution in [3.8, 4) is 16.9 Å². The smallest absolute Gasteiger partial charge is 0.407 e. The Hall–Kier alpha value is -3.32. The number of hydrogen-bond acceptors (Lipinski definition) is 4. The molecule has 4 rings (SSSR count). The van der Waals surface area contributed by atoms with E-state index in [2.05, 4.69) is 33.4 Å². The molecule has 0 aliphatic heterocycles. The molecular formula is C25H22BrNO5. The van der Waals surface area contributed by atoms with Gasteiger partial charge in [-0.25, -0.2) is 4.79 Å². The number of ether oxygens (including phenoxy) is 2. The Bertz CT molecular complexity index is 1120. The van der Waals surface area contributed by atoms with Crippen LogP contribution in [-0.2, 0) is 9.53 Å². The largest absolute Gasteiger partial charge is 0.497 e. The van der Waals surface area contributed by atoms with Crippen molar-refractivity contribution in [2.45, 2.75) is 18.4 Å². The summed E-state index contributed by atoms with van der Waals surface area (Å²) >= 11 is 3.43. The van der Waals surface area contributed by atoms with Crippen LogP contribution in [0.3, 0.4) is 0 Å². The quantitative estimate of drug-likeness (QED) is 0.451. The first-order valence-electron chi connectivity index (χ1n) is 10.1. The number of aliphatic carboxylic acids is 1. The molecule has 3 aromatic rings. The van der Waals surface area contributed by atoms with Gasteiger partial charge in [0.2, 0.25) is 0 Å². The molecule has 0 aromatic heterocycles. The first-order valence-corrected chi connectivity index (χ1v) is 10.9. The molecule has 0 radical (unpaired) electrons. The molecule has 1 amide bonds. The van der Waals surface area contributed by atoms with Gasteiger partial charge in [0.15, 0.2) is 0 Å². The number of amides is 1. The number of carbonyl (C=O) groups excluding carboxylic acids is 1. The number of fused-ring (bicyclic) bond motifs is 3.